The van der Waals surface area contributed by atoms with Gasteiger partial charge in [0.2, 0.25) is 0 Å². The quantitative estimate of drug-likeness (QED) is 0.744. The maximum Gasteiger partial charge on any atom is 0.134 e. The highest BCUT2D eigenvalue weighted by Gasteiger charge is 2.20. The molecule has 18 heavy (non-hydrogen) atoms. The van der Waals surface area contributed by atoms with E-state index in [4.69, 9.17) is 14.6 Å². The van der Waals surface area contributed by atoms with Gasteiger partial charge in [0.25, 0.3) is 0 Å². The van der Waals surface area contributed by atoms with Crippen LogP contribution in [0.2, 0.25) is 0 Å². The Hall–Kier alpha value is -2.00. The summed E-state index contributed by atoms with van der Waals surface area (Å²) < 4.78 is 11.4. The molecule has 2 aromatic heterocycles. The molecule has 0 saturated carbocycles. The normalized spacial score (nSPS) is 13.1. The molecule has 0 radical (unpaired) electrons. The lowest BCUT2D eigenvalue weighted by Crippen LogP contribution is -2.11. The van der Waals surface area contributed by atoms with Gasteiger partial charge in [-0.25, -0.2) is 0 Å². The fraction of sp³-hybridized carbons (Fsp3) is 0.200. The van der Waals surface area contributed by atoms with Crippen LogP contribution in [0.5, 0.6) is 0 Å². The molecule has 0 aliphatic heterocycles. The summed E-state index contributed by atoms with van der Waals surface area (Å²) in [6, 6.07) is 11.4. The molecule has 3 nitrogen and oxygen atoms in total. The number of para-hydroxylation sites is 1. The predicted molar refractivity (Wildman–Crippen MR) is 70.4 cm³/mol. The SMILES string of the molecule is Cc1ccc(C(N)c2oc3ccccc3c2C)o1. The van der Waals surface area contributed by atoms with Crippen LogP contribution in [-0.4, -0.2) is 0 Å². The Kier molecular flexibility index (Phi) is 2.49. The van der Waals surface area contributed by atoms with Crippen LogP contribution in [0.15, 0.2) is 45.2 Å². The third kappa shape index (κ3) is 1.64. The highest BCUT2D eigenvalue weighted by atomic mass is 16.4. The largest absolute Gasteiger partial charge is 0.464 e. The van der Waals surface area contributed by atoms with Gasteiger partial charge in [-0.2, -0.15) is 0 Å². The zero-order valence-electron chi connectivity index (χ0n) is 10.4. The monoisotopic (exact) mass is 241 g/mol. The first-order valence-corrected chi connectivity index (χ1v) is 5.97. The summed E-state index contributed by atoms with van der Waals surface area (Å²) in [4.78, 5) is 0. The van der Waals surface area contributed by atoms with E-state index in [0.29, 0.717) is 0 Å². The molecule has 1 atom stereocenters. The molecular formula is C15H15NO2. The summed E-state index contributed by atoms with van der Waals surface area (Å²) in [5.74, 6) is 2.36. The maximum absolute atomic E-state index is 6.21. The first kappa shape index (κ1) is 11.1. The van der Waals surface area contributed by atoms with Gasteiger partial charge in [0, 0.05) is 10.9 Å². The maximum atomic E-state index is 6.21. The van der Waals surface area contributed by atoms with Gasteiger partial charge in [-0.3, -0.25) is 0 Å². The number of hydrogen-bond donors (Lipinski definition) is 1. The van der Waals surface area contributed by atoms with E-state index < -0.39 is 0 Å². The minimum Gasteiger partial charge on any atom is -0.464 e. The van der Waals surface area contributed by atoms with E-state index in [9.17, 15) is 0 Å². The number of aryl methyl sites for hydroxylation is 2. The molecule has 92 valence electrons. The Bertz CT molecular complexity index is 693. The lowest BCUT2D eigenvalue weighted by molar-refractivity contribution is 0.430. The minimum absolute atomic E-state index is 0.355. The minimum atomic E-state index is -0.355. The fourth-order valence-electron chi connectivity index (χ4n) is 2.24. The number of fused-ring (bicyclic) bond motifs is 1. The molecule has 2 N–H and O–H groups in total. The molecule has 3 aromatic rings. The fourth-order valence-corrected chi connectivity index (χ4v) is 2.24. The van der Waals surface area contributed by atoms with Crippen molar-refractivity contribution in [3.8, 4) is 0 Å². The van der Waals surface area contributed by atoms with Crippen LogP contribution < -0.4 is 5.73 Å². The average Bonchev–Trinajstić information content (AvgIpc) is 2.94. The van der Waals surface area contributed by atoms with Crippen LogP contribution in [0.4, 0.5) is 0 Å². The lowest BCUT2D eigenvalue weighted by atomic mass is 10.1. The molecule has 0 bridgehead atoms. The van der Waals surface area contributed by atoms with Crippen molar-refractivity contribution in [1.82, 2.24) is 0 Å². The first-order chi connectivity index (χ1) is 8.66. The molecular weight excluding hydrogens is 226 g/mol. The van der Waals surface area contributed by atoms with Crippen molar-refractivity contribution >= 4 is 11.0 Å². The van der Waals surface area contributed by atoms with E-state index >= 15 is 0 Å². The smallest absolute Gasteiger partial charge is 0.134 e. The number of hydrogen-bond acceptors (Lipinski definition) is 3. The number of rotatable bonds is 2. The molecule has 0 aliphatic rings. The zero-order valence-corrected chi connectivity index (χ0v) is 10.4. The number of furan rings is 2. The van der Waals surface area contributed by atoms with Crippen molar-refractivity contribution in [3.05, 3.63) is 59.2 Å². The van der Waals surface area contributed by atoms with E-state index in [1.165, 1.54) is 0 Å². The summed E-state index contributed by atoms with van der Waals surface area (Å²) >= 11 is 0. The number of benzene rings is 1. The van der Waals surface area contributed by atoms with Crippen molar-refractivity contribution in [2.45, 2.75) is 19.9 Å². The Balaban J connectivity index is 2.11. The van der Waals surface area contributed by atoms with E-state index in [0.717, 1.165) is 33.8 Å². The second kappa shape index (κ2) is 4.03. The molecule has 1 aromatic carbocycles. The molecule has 1 unspecified atom stereocenters. The van der Waals surface area contributed by atoms with Gasteiger partial charge in [-0.15, -0.1) is 0 Å². The van der Waals surface area contributed by atoms with Crippen molar-refractivity contribution in [2.75, 3.05) is 0 Å². The molecule has 0 fully saturated rings. The van der Waals surface area contributed by atoms with Crippen LogP contribution in [0.3, 0.4) is 0 Å². The molecule has 3 heteroatoms. The molecule has 0 spiro atoms. The van der Waals surface area contributed by atoms with E-state index in [1.807, 2.05) is 50.2 Å². The summed E-state index contributed by atoms with van der Waals surface area (Å²) in [7, 11) is 0. The Morgan fingerprint density at radius 2 is 1.78 bits per heavy atom. The zero-order chi connectivity index (χ0) is 12.7. The van der Waals surface area contributed by atoms with Crippen molar-refractivity contribution in [3.63, 3.8) is 0 Å². The Labute approximate surface area is 105 Å². The molecule has 0 amide bonds. The van der Waals surface area contributed by atoms with Gasteiger partial charge in [0.1, 0.15) is 28.9 Å². The first-order valence-electron chi connectivity index (χ1n) is 5.97. The van der Waals surface area contributed by atoms with E-state index in [2.05, 4.69) is 0 Å². The van der Waals surface area contributed by atoms with Crippen LogP contribution >= 0.6 is 0 Å². The second-order valence-electron chi connectivity index (χ2n) is 4.51. The molecule has 3 rings (SSSR count). The highest BCUT2D eigenvalue weighted by Crippen LogP contribution is 2.31. The van der Waals surface area contributed by atoms with Gasteiger partial charge < -0.3 is 14.6 Å². The predicted octanol–water partition coefficient (Wildman–Crippen LogP) is 3.69. The van der Waals surface area contributed by atoms with Crippen LogP contribution in [-0.2, 0) is 0 Å². The van der Waals surface area contributed by atoms with Gasteiger partial charge in [0.05, 0.1) is 0 Å². The van der Waals surface area contributed by atoms with E-state index in [1.54, 1.807) is 0 Å². The summed E-state index contributed by atoms with van der Waals surface area (Å²) in [5.41, 5.74) is 8.15. The summed E-state index contributed by atoms with van der Waals surface area (Å²) in [5, 5.41) is 1.10. The number of nitrogens with two attached hydrogens (primary N) is 1. The Morgan fingerprint density at radius 1 is 1.00 bits per heavy atom. The third-order valence-corrected chi connectivity index (χ3v) is 3.23. The van der Waals surface area contributed by atoms with Gasteiger partial charge in [-0.05, 0) is 32.0 Å². The van der Waals surface area contributed by atoms with Gasteiger partial charge >= 0.3 is 0 Å². The average molecular weight is 241 g/mol. The third-order valence-electron chi connectivity index (χ3n) is 3.23. The van der Waals surface area contributed by atoms with Gasteiger partial charge in [-0.1, -0.05) is 18.2 Å². The van der Waals surface area contributed by atoms with E-state index in [-0.39, 0.29) is 6.04 Å². The highest BCUT2D eigenvalue weighted by molar-refractivity contribution is 5.82. The molecule has 2 heterocycles. The van der Waals surface area contributed by atoms with Crippen molar-refractivity contribution < 1.29 is 8.83 Å². The molecule has 0 aliphatic carbocycles. The summed E-state index contributed by atoms with van der Waals surface area (Å²) in [6.07, 6.45) is 0. The van der Waals surface area contributed by atoms with Crippen LogP contribution in [0.25, 0.3) is 11.0 Å². The second-order valence-corrected chi connectivity index (χ2v) is 4.51. The summed E-state index contributed by atoms with van der Waals surface area (Å²) in [6.45, 7) is 3.93. The topological polar surface area (TPSA) is 52.3 Å². The lowest BCUT2D eigenvalue weighted by Gasteiger charge is -2.06. The molecule has 0 saturated heterocycles. The van der Waals surface area contributed by atoms with Crippen molar-refractivity contribution in [2.24, 2.45) is 5.73 Å². The van der Waals surface area contributed by atoms with Crippen molar-refractivity contribution in [1.29, 1.82) is 0 Å². The van der Waals surface area contributed by atoms with Crippen LogP contribution in [0, 0.1) is 13.8 Å². The van der Waals surface area contributed by atoms with Crippen LogP contribution in [0.1, 0.15) is 28.9 Å². The van der Waals surface area contributed by atoms with Gasteiger partial charge in [0.15, 0.2) is 0 Å². The standard InChI is InChI=1S/C15H15NO2/c1-9-7-8-13(17-9)14(16)15-10(2)11-5-3-4-6-12(11)18-15/h3-8,14H,16H2,1-2H3. The Morgan fingerprint density at radius 3 is 2.44 bits per heavy atom.